The second kappa shape index (κ2) is 7.81. The summed E-state index contributed by atoms with van der Waals surface area (Å²) < 4.78 is 41.1. The second-order valence-electron chi connectivity index (χ2n) is 7.55. The van der Waals surface area contributed by atoms with Crippen LogP contribution in [0.4, 0.5) is 19.0 Å². The summed E-state index contributed by atoms with van der Waals surface area (Å²) in [5, 5.41) is 10.2. The summed E-state index contributed by atoms with van der Waals surface area (Å²) in [5.74, 6) is -0.189. The van der Waals surface area contributed by atoms with E-state index in [4.69, 9.17) is 23.2 Å². The first-order valence-electron chi connectivity index (χ1n) is 9.55. The molecule has 2 aromatic rings. The van der Waals surface area contributed by atoms with Gasteiger partial charge in [0, 0.05) is 17.8 Å². The van der Waals surface area contributed by atoms with Crippen molar-refractivity contribution in [1.82, 2.24) is 15.1 Å². The molecule has 1 aliphatic heterocycles. The molecule has 0 saturated heterocycles. The van der Waals surface area contributed by atoms with E-state index in [1.165, 1.54) is 4.68 Å². The Morgan fingerprint density at radius 1 is 1.20 bits per heavy atom. The molecule has 1 fully saturated rings. The summed E-state index contributed by atoms with van der Waals surface area (Å²) in [6.45, 7) is 1.66. The highest BCUT2D eigenvalue weighted by Crippen LogP contribution is 2.40. The lowest BCUT2D eigenvalue weighted by Crippen LogP contribution is -2.39. The number of carbonyl (C=O) groups excluding carboxylic acids is 1. The lowest BCUT2D eigenvalue weighted by atomic mass is 9.94. The normalized spacial score (nSPS) is 19.6. The van der Waals surface area contributed by atoms with E-state index in [0.29, 0.717) is 21.9 Å². The first-order chi connectivity index (χ1) is 14.1. The Morgan fingerprint density at radius 2 is 1.90 bits per heavy atom. The Hall–Kier alpha value is -2.19. The van der Waals surface area contributed by atoms with Crippen LogP contribution in [0.1, 0.15) is 49.9 Å². The Bertz CT molecular complexity index is 1030. The van der Waals surface area contributed by atoms with Crippen molar-refractivity contribution in [1.29, 1.82) is 0 Å². The van der Waals surface area contributed by atoms with Crippen molar-refractivity contribution in [3.63, 3.8) is 0 Å². The summed E-state index contributed by atoms with van der Waals surface area (Å²) in [7, 11) is 0. The molecule has 5 nitrogen and oxygen atoms in total. The Kier molecular flexibility index (Phi) is 5.48. The Labute approximate surface area is 181 Å². The van der Waals surface area contributed by atoms with E-state index in [0.717, 1.165) is 31.7 Å². The van der Waals surface area contributed by atoms with Crippen LogP contribution in [0.2, 0.25) is 10.0 Å². The van der Waals surface area contributed by atoms with Crippen molar-refractivity contribution >= 4 is 34.9 Å². The molecular formula is C20H19Cl2F3N4O. The number of rotatable bonds is 3. The number of nitrogens with zero attached hydrogens (tertiary/aromatic N) is 2. The molecule has 30 heavy (non-hydrogen) atoms. The zero-order chi connectivity index (χ0) is 21.6. The molecule has 1 amide bonds. The monoisotopic (exact) mass is 458 g/mol. The maximum Gasteiger partial charge on any atom is 0.435 e. The number of hydrogen-bond donors (Lipinski definition) is 2. The number of fused-ring (bicyclic) bond motifs is 1. The maximum atomic E-state index is 13.3. The topological polar surface area (TPSA) is 59.0 Å². The molecule has 2 heterocycles. The molecule has 4 rings (SSSR count). The van der Waals surface area contributed by atoms with Crippen LogP contribution >= 0.6 is 23.2 Å². The molecule has 1 unspecified atom stereocenters. The molecule has 160 valence electrons. The number of carbonyl (C=O) groups is 1. The van der Waals surface area contributed by atoms with Crippen LogP contribution in [0.3, 0.4) is 0 Å². The first-order valence-corrected chi connectivity index (χ1v) is 10.3. The predicted octanol–water partition coefficient (Wildman–Crippen LogP) is 5.56. The summed E-state index contributed by atoms with van der Waals surface area (Å²) in [5.41, 5.74) is 0.229. The Balaban J connectivity index is 1.81. The number of anilines is 1. The third kappa shape index (κ3) is 3.90. The number of benzene rings is 1. The van der Waals surface area contributed by atoms with Crippen LogP contribution in [0.5, 0.6) is 0 Å². The van der Waals surface area contributed by atoms with Gasteiger partial charge in [-0.2, -0.15) is 18.3 Å². The number of allylic oxidation sites excluding steroid dienone is 1. The minimum absolute atomic E-state index is 0.0528. The van der Waals surface area contributed by atoms with Crippen molar-refractivity contribution in [3.8, 4) is 0 Å². The van der Waals surface area contributed by atoms with E-state index < -0.39 is 17.9 Å². The minimum atomic E-state index is -4.62. The van der Waals surface area contributed by atoms with Gasteiger partial charge in [0.1, 0.15) is 11.9 Å². The van der Waals surface area contributed by atoms with Crippen molar-refractivity contribution in [3.05, 3.63) is 56.8 Å². The van der Waals surface area contributed by atoms with Crippen LogP contribution < -0.4 is 10.6 Å². The lowest BCUT2D eigenvalue weighted by molar-refractivity contribution is -0.141. The van der Waals surface area contributed by atoms with Crippen LogP contribution in [0.25, 0.3) is 0 Å². The fraction of sp³-hybridized carbons (Fsp3) is 0.400. The largest absolute Gasteiger partial charge is 0.435 e. The van der Waals surface area contributed by atoms with Gasteiger partial charge in [0.25, 0.3) is 5.91 Å². The summed E-state index contributed by atoms with van der Waals surface area (Å²) in [6, 6.07) is 4.84. The zero-order valence-electron chi connectivity index (χ0n) is 16.0. The van der Waals surface area contributed by atoms with E-state index in [1.807, 2.05) is 0 Å². The molecule has 1 atom stereocenters. The van der Waals surface area contributed by atoms with Crippen molar-refractivity contribution in [2.24, 2.45) is 0 Å². The molecule has 0 radical (unpaired) electrons. The quantitative estimate of drug-likeness (QED) is 0.633. The zero-order valence-corrected chi connectivity index (χ0v) is 17.5. The maximum absolute atomic E-state index is 13.3. The third-order valence-electron chi connectivity index (χ3n) is 5.46. The van der Waals surface area contributed by atoms with Gasteiger partial charge in [0.05, 0.1) is 15.6 Å². The van der Waals surface area contributed by atoms with Gasteiger partial charge in [-0.3, -0.25) is 4.79 Å². The molecule has 2 N–H and O–H groups in total. The molecule has 2 aliphatic rings. The first kappa shape index (κ1) is 21.1. The predicted molar refractivity (Wildman–Crippen MR) is 109 cm³/mol. The number of hydrogen-bond acceptors (Lipinski definition) is 3. The van der Waals surface area contributed by atoms with Gasteiger partial charge in [-0.25, -0.2) is 4.68 Å². The van der Waals surface area contributed by atoms with Crippen molar-refractivity contribution < 1.29 is 18.0 Å². The van der Waals surface area contributed by atoms with Crippen LogP contribution in [0.15, 0.2) is 35.5 Å². The molecule has 1 aromatic carbocycles. The van der Waals surface area contributed by atoms with E-state index in [9.17, 15) is 18.0 Å². The average molecular weight is 459 g/mol. The molecule has 0 bridgehead atoms. The smallest absolute Gasteiger partial charge is 0.349 e. The molecular weight excluding hydrogens is 440 g/mol. The van der Waals surface area contributed by atoms with E-state index in [1.54, 1.807) is 25.1 Å². The van der Waals surface area contributed by atoms with Gasteiger partial charge >= 0.3 is 6.18 Å². The van der Waals surface area contributed by atoms with E-state index >= 15 is 0 Å². The van der Waals surface area contributed by atoms with Crippen LogP contribution in [-0.4, -0.2) is 21.7 Å². The fourth-order valence-corrected chi connectivity index (χ4v) is 4.33. The Morgan fingerprint density at radius 3 is 2.53 bits per heavy atom. The van der Waals surface area contributed by atoms with Gasteiger partial charge in [-0.15, -0.1) is 0 Å². The number of amides is 1. The van der Waals surface area contributed by atoms with E-state index in [2.05, 4.69) is 15.7 Å². The molecule has 1 aromatic heterocycles. The standard InChI is InChI=1S/C20H19Cl2F3N4O/c1-10-17(19(30)27-12-4-2-3-5-12)18(11-6-7-13(21)14(22)8-11)29-16(26-10)9-15(28-29)20(23,24)25/h6-9,12,18,26H,2-5H2,1H3,(H,27,30). The summed E-state index contributed by atoms with van der Waals surface area (Å²) in [4.78, 5) is 13.2. The van der Waals surface area contributed by atoms with Crippen LogP contribution in [-0.2, 0) is 11.0 Å². The molecule has 10 heteroatoms. The van der Waals surface area contributed by atoms with Crippen molar-refractivity contribution in [2.45, 2.75) is 50.9 Å². The summed E-state index contributed by atoms with van der Waals surface area (Å²) >= 11 is 12.2. The highest BCUT2D eigenvalue weighted by atomic mass is 35.5. The number of halogens is 5. The third-order valence-corrected chi connectivity index (χ3v) is 6.20. The van der Waals surface area contributed by atoms with Gasteiger partial charge in [0.15, 0.2) is 5.69 Å². The second-order valence-corrected chi connectivity index (χ2v) is 8.37. The number of aromatic nitrogens is 2. The van der Waals surface area contributed by atoms with Crippen LogP contribution in [0, 0.1) is 0 Å². The molecule has 1 aliphatic carbocycles. The SMILES string of the molecule is CC1=C(C(=O)NC2CCCC2)C(c2ccc(Cl)c(Cl)c2)n2nc(C(F)(F)F)cc2N1. The fourth-order valence-electron chi connectivity index (χ4n) is 4.03. The van der Waals surface area contributed by atoms with E-state index in [-0.39, 0.29) is 22.8 Å². The van der Waals surface area contributed by atoms with Gasteiger partial charge in [0.2, 0.25) is 0 Å². The minimum Gasteiger partial charge on any atom is -0.349 e. The molecule has 0 spiro atoms. The van der Waals surface area contributed by atoms with Gasteiger partial charge in [-0.05, 0) is 37.5 Å². The van der Waals surface area contributed by atoms with Gasteiger partial charge in [-0.1, -0.05) is 42.1 Å². The van der Waals surface area contributed by atoms with Crippen molar-refractivity contribution in [2.75, 3.05) is 5.32 Å². The summed E-state index contributed by atoms with van der Waals surface area (Å²) in [6.07, 6.45) is -0.776. The molecule has 1 saturated carbocycles. The van der Waals surface area contributed by atoms with Gasteiger partial charge < -0.3 is 10.6 Å². The highest BCUT2D eigenvalue weighted by molar-refractivity contribution is 6.42. The lowest BCUT2D eigenvalue weighted by Gasteiger charge is -2.30. The highest BCUT2D eigenvalue weighted by Gasteiger charge is 2.40. The number of alkyl halides is 3. The number of nitrogens with one attached hydrogen (secondary N) is 2. The average Bonchev–Trinajstić information content (AvgIpc) is 3.32.